The largest absolute Gasteiger partial charge is 0.481 e. The number of nitrogens with one attached hydrogen (secondary N) is 1. The molecule has 5 saturated carbocycles. The SMILES string of the molecule is CC(C)[C@@H]1CC[C@]2(NCCN3CCCCC3)CC[C@]3(C)[C@H](CC[C@@H]4[C@@]5(C)CC[C@H](OC(=O)CC(C)(C)C(=O)O)C(C)(C)[C@@H]5CC[C@]43C)[C@@H]12. The Kier molecular flexibility index (Phi) is 9.78. The Morgan fingerprint density at radius 1 is 0.854 bits per heavy atom. The first-order valence-corrected chi connectivity index (χ1v) is 20.3. The summed E-state index contributed by atoms with van der Waals surface area (Å²) in [6, 6.07) is 0. The van der Waals surface area contributed by atoms with Gasteiger partial charge in [0.25, 0.3) is 0 Å². The normalized spacial score (nSPS) is 44.3. The van der Waals surface area contributed by atoms with Crippen LogP contribution in [-0.2, 0) is 14.3 Å². The van der Waals surface area contributed by atoms with Gasteiger partial charge in [-0.1, -0.05) is 54.9 Å². The van der Waals surface area contributed by atoms with E-state index in [1.54, 1.807) is 13.8 Å². The molecule has 6 heteroatoms. The van der Waals surface area contributed by atoms with E-state index in [9.17, 15) is 14.7 Å². The minimum atomic E-state index is -1.11. The molecule has 0 bridgehead atoms. The number of carbonyl (C=O) groups is 2. The highest BCUT2D eigenvalue weighted by molar-refractivity contribution is 5.81. The van der Waals surface area contributed by atoms with Crippen LogP contribution in [-0.4, -0.2) is 59.8 Å². The molecule has 1 aliphatic heterocycles. The van der Waals surface area contributed by atoms with Gasteiger partial charge in [-0.05, 0) is 156 Å². The molecule has 0 aromatic heterocycles. The molecule has 1 saturated heterocycles. The summed E-state index contributed by atoms with van der Waals surface area (Å²) in [7, 11) is 0. The monoisotopic (exact) mass is 669 g/mol. The van der Waals surface area contributed by atoms with Crippen molar-refractivity contribution in [3.8, 4) is 0 Å². The minimum absolute atomic E-state index is 0.0789. The highest BCUT2D eigenvalue weighted by Gasteiger charge is 2.71. The molecule has 6 aliphatic rings. The van der Waals surface area contributed by atoms with Crippen molar-refractivity contribution >= 4 is 11.9 Å². The van der Waals surface area contributed by atoms with Gasteiger partial charge >= 0.3 is 11.9 Å². The molecule has 274 valence electrons. The molecule has 0 amide bonds. The van der Waals surface area contributed by atoms with Crippen molar-refractivity contribution in [2.45, 2.75) is 164 Å². The Hall–Kier alpha value is -1.14. The maximum atomic E-state index is 13.1. The second-order valence-electron chi connectivity index (χ2n) is 20.3. The number of likely N-dealkylation sites (tertiary alicyclic amines) is 1. The standard InChI is InChI=1S/C42H72N2O4/c1-28(2)29-15-20-42(43-23-26-44-24-11-10-12-25-44)22-21-40(8)30(35(29)42)13-14-32-39(7)18-17-33(48-34(45)27-37(3,4)36(46)47)38(5,6)31(39)16-19-41(32,40)9/h28-33,35,43H,10-27H2,1-9H3,(H,46,47)/t29-,30+,31-,32+,33-,35+,39-,40+,41+,42-/m0/s1. The van der Waals surface area contributed by atoms with Crippen molar-refractivity contribution in [3.05, 3.63) is 0 Å². The Morgan fingerprint density at radius 2 is 1.56 bits per heavy atom. The second kappa shape index (κ2) is 12.8. The third-order valence-corrected chi connectivity index (χ3v) is 17.1. The average Bonchev–Trinajstić information content (AvgIpc) is 3.39. The van der Waals surface area contributed by atoms with E-state index < -0.39 is 11.4 Å². The van der Waals surface area contributed by atoms with Crippen LogP contribution in [0.5, 0.6) is 0 Å². The number of carbonyl (C=O) groups excluding carboxylic acids is 1. The fourth-order valence-corrected chi connectivity index (χ4v) is 14.2. The molecule has 0 unspecified atom stereocenters. The van der Waals surface area contributed by atoms with Gasteiger partial charge in [0.05, 0.1) is 11.8 Å². The van der Waals surface area contributed by atoms with Gasteiger partial charge in [0, 0.05) is 24.0 Å². The number of hydrogen-bond donors (Lipinski definition) is 2. The number of piperidine rings is 1. The van der Waals surface area contributed by atoms with E-state index >= 15 is 0 Å². The fraction of sp³-hybridized carbons (Fsp3) is 0.952. The molecule has 0 aromatic carbocycles. The highest BCUT2D eigenvalue weighted by atomic mass is 16.5. The smallest absolute Gasteiger partial charge is 0.309 e. The summed E-state index contributed by atoms with van der Waals surface area (Å²) in [5.41, 5.74) is -0.0422. The summed E-state index contributed by atoms with van der Waals surface area (Å²) < 4.78 is 6.20. The van der Waals surface area contributed by atoms with Crippen LogP contribution in [0.4, 0.5) is 0 Å². The van der Waals surface area contributed by atoms with E-state index in [1.165, 1.54) is 90.3 Å². The molecule has 2 N–H and O–H groups in total. The minimum Gasteiger partial charge on any atom is -0.481 e. The first-order chi connectivity index (χ1) is 22.4. The summed E-state index contributed by atoms with van der Waals surface area (Å²) >= 11 is 0. The van der Waals surface area contributed by atoms with Crippen molar-refractivity contribution < 1.29 is 19.4 Å². The van der Waals surface area contributed by atoms with Gasteiger partial charge in [0.1, 0.15) is 6.10 Å². The van der Waals surface area contributed by atoms with Crippen molar-refractivity contribution in [3.63, 3.8) is 0 Å². The van der Waals surface area contributed by atoms with Crippen molar-refractivity contribution in [1.82, 2.24) is 10.2 Å². The number of hydrogen-bond acceptors (Lipinski definition) is 5. The molecular weight excluding hydrogens is 596 g/mol. The van der Waals surface area contributed by atoms with Crippen LogP contribution in [0.15, 0.2) is 0 Å². The zero-order valence-electron chi connectivity index (χ0n) is 32.4. The number of carboxylic acid groups (broad SMARTS) is 1. The third kappa shape index (κ3) is 5.81. The van der Waals surface area contributed by atoms with Crippen LogP contribution in [0.25, 0.3) is 0 Å². The maximum absolute atomic E-state index is 13.1. The lowest BCUT2D eigenvalue weighted by Gasteiger charge is -2.73. The van der Waals surface area contributed by atoms with Crippen LogP contribution < -0.4 is 5.32 Å². The molecule has 5 aliphatic carbocycles. The van der Waals surface area contributed by atoms with E-state index in [4.69, 9.17) is 4.74 Å². The summed E-state index contributed by atoms with van der Waals surface area (Å²) in [4.78, 5) is 27.5. The second-order valence-corrected chi connectivity index (χ2v) is 20.3. The Labute approximate surface area is 293 Å². The predicted molar refractivity (Wildman–Crippen MR) is 193 cm³/mol. The van der Waals surface area contributed by atoms with Crippen molar-refractivity contribution in [2.75, 3.05) is 26.2 Å². The summed E-state index contributed by atoms with van der Waals surface area (Å²) in [5.74, 6) is 3.00. The number of esters is 1. The van der Waals surface area contributed by atoms with Gasteiger partial charge in [-0.2, -0.15) is 0 Å². The number of nitrogens with zero attached hydrogens (tertiary/aromatic N) is 1. The van der Waals surface area contributed by atoms with Crippen LogP contribution in [0.1, 0.15) is 152 Å². The van der Waals surface area contributed by atoms with Crippen LogP contribution in [0.2, 0.25) is 0 Å². The third-order valence-electron chi connectivity index (χ3n) is 17.1. The van der Waals surface area contributed by atoms with Crippen LogP contribution in [0.3, 0.4) is 0 Å². The molecule has 48 heavy (non-hydrogen) atoms. The molecule has 6 nitrogen and oxygen atoms in total. The molecule has 0 spiro atoms. The molecule has 0 radical (unpaired) electrons. The van der Waals surface area contributed by atoms with Crippen LogP contribution in [0, 0.1) is 62.6 Å². The molecular formula is C42H72N2O4. The Bertz CT molecular complexity index is 1210. The van der Waals surface area contributed by atoms with Gasteiger partial charge in [0.15, 0.2) is 0 Å². The number of fused-ring (bicyclic) bond motifs is 7. The van der Waals surface area contributed by atoms with E-state index in [1.807, 2.05) is 0 Å². The zero-order chi connectivity index (χ0) is 34.9. The summed E-state index contributed by atoms with van der Waals surface area (Å²) in [6.07, 6.45) is 16.5. The first kappa shape index (κ1) is 36.6. The van der Waals surface area contributed by atoms with E-state index in [0.29, 0.717) is 28.2 Å². The molecule has 0 aromatic rings. The Morgan fingerprint density at radius 3 is 2.23 bits per heavy atom. The van der Waals surface area contributed by atoms with Crippen LogP contribution >= 0.6 is 0 Å². The topological polar surface area (TPSA) is 78.9 Å². The van der Waals surface area contributed by atoms with Gasteiger partial charge in [-0.15, -0.1) is 0 Å². The number of carboxylic acids is 1. The van der Waals surface area contributed by atoms with Gasteiger partial charge in [0.2, 0.25) is 0 Å². The van der Waals surface area contributed by atoms with Gasteiger partial charge in [-0.25, -0.2) is 0 Å². The van der Waals surface area contributed by atoms with E-state index in [0.717, 1.165) is 43.1 Å². The molecule has 6 rings (SSSR count). The van der Waals surface area contributed by atoms with E-state index in [2.05, 4.69) is 58.7 Å². The lowest BCUT2D eigenvalue weighted by Crippen LogP contribution is -2.69. The molecule has 10 atom stereocenters. The average molecular weight is 669 g/mol. The number of rotatable bonds is 9. The van der Waals surface area contributed by atoms with E-state index in [-0.39, 0.29) is 29.3 Å². The maximum Gasteiger partial charge on any atom is 0.309 e. The van der Waals surface area contributed by atoms with Crippen molar-refractivity contribution in [1.29, 1.82) is 0 Å². The van der Waals surface area contributed by atoms with Crippen molar-refractivity contribution in [2.24, 2.45) is 62.6 Å². The predicted octanol–water partition coefficient (Wildman–Crippen LogP) is 8.96. The lowest BCUT2D eigenvalue weighted by atomic mass is 9.32. The first-order valence-electron chi connectivity index (χ1n) is 20.3. The van der Waals surface area contributed by atoms with Gasteiger partial charge in [-0.3, -0.25) is 9.59 Å². The van der Waals surface area contributed by atoms with Gasteiger partial charge < -0.3 is 20.1 Å². The fourth-order valence-electron chi connectivity index (χ4n) is 14.2. The summed E-state index contributed by atoms with van der Waals surface area (Å²) in [5, 5.41) is 14.0. The lowest BCUT2D eigenvalue weighted by molar-refractivity contribution is -0.247. The molecule has 6 fully saturated rings. The quantitative estimate of drug-likeness (QED) is 0.239. The summed E-state index contributed by atoms with van der Waals surface area (Å²) in [6.45, 7) is 26.0. The highest BCUT2D eigenvalue weighted by Crippen LogP contribution is 2.76. The number of ether oxygens (including phenoxy) is 1. The number of aliphatic carboxylic acids is 1. The Balaban J connectivity index is 1.21. The molecule has 1 heterocycles. The zero-order valence-corrected chi connectivity index (χ0v) is 32.4.